The summed E-state index contributed by atoms with van der Waals surface area (Å²) in [5.74, 6) is 0. The summed E-state index contributed by atoms with van der Waals surface area (Å²) in [4.78, 5) is 0. The molecule has 7 heteroatoms. The first kappa shape index (κ1) is 13.3. The van der Waals surface area contributed by atoms with Gasteiger partial charge in [0, 0.05) is 21.3 Å². The van der Waals surface area contributed by atoms with Crippen molar-refractivity contribution >= 4 is 15.6 Å². The second-order valence-corrected chi connectivity index (χ2v) is 7.01. The third-order valence-corrected chi connectivity index (χ3v) is 6.83. The Hall–Kier alpha value is 0.340. The van der Waals surface area contributed by atoms with Gasteiger partial charge in [0.15, 0.2) is 0 Å². The molecule has 0 spiro atoms. The molecule has 0 rings (SSSR count). The van der Waals surface area contributed by atoms with E-state index in [1.165, 1.54) is 21.3 Å². The first-order chi connectivity index (χ1) is 6.05. The summed E-state index contributed by atoms with van der Waals surface area (Å²) in [5, 5.41) is -0.655. The summed E-state index contributed by atoms with van der Waals surface area (Å²) in [7, 11) is -1.75. The lowest BCUT2D eigenvalue weighted by Gasteiger charge is -2.21. The average molecular weight is 230 g/mol. The molecule has 80 valence electrons. The topological polar surface area (TPSA) is 61.8 Å². The molecule has 0 radical (unpaired) electrons. The maximum Gasteiger partial charge on any atom is 0.342 e. The largest absolute Gasteiger partial charge is 0.342 e. The van der Waals surface area contributed by atoms with E-state index in [4.69, 9.17) is 9.05 Å². The minimum absolute atomic E-state index is 0.435. The predicted molar refractivity (Wildman–Crippen MR) is 51.7 cm³/mol. The Morgan fingerprint density at radius 1 is 1.31 bits per heavy atom. The molecule has 0 aliphatic rings. The molecule has 0 aliphatic heterocycles. The van der Waals surface area contributed by atoms with Crippen LogP contribution in [0.15, 0.2) is 0 Å². The van der Waals surface area contributed by atoms with Gasteiger partial charge in [-0.25, -0.2) is 0 Å². The van der Waals surface area contributed by atoms with E-state index in [1.54, 1.807) is 6.92 Å². The minimum Gasteiger partial charge on any atom is -0.333 e. The minimum atomic E-state index is -3.26. The molecule has 0 saturated carbocycles. The Morgan fingerprint density at radius 2 is 1.77 bits per heavy atom. The second-order valence-electron chi connectivity index (χ2n) is 2.35. The zero-order chi connectivity index (χ0) is 10.5. The van der Waals surface area contributed by atoms with Gasteiger partial charge >= 0.3 is 7.60 Å². The van der Waals surface area contributed by atoms with Crippen molar-refractivity contribution in [1.82, 2.24) is 0 Å². The standard InChI is InChI=1S/C6H16O5P2/c1-5-6(12(7)9-2)13(8,10-3)11-4/h6,12H,5H2,1-4H3. The van der Waals surface area contributed by atoms with Gasteiger partial charge in [0.1, 0.15) is 5.40 Å². The molecule has 13 heavy (non-hydrogen) atoms. The molecular weight excluding hydrogens is 214 g/mol. The summed E-state index contributed by atoms with van der Waals surface area (Å²) < 4.78 is 37.3. The van der Waals surface area contributed by atoms with Gasteiger partial charge in [-0.1, -0.05) is 6.92 Å². The summed E-state index contributed by atoms with van der Waals surface area (Å²) in [6.45, 7) is 1.76. The first-order valence-electron chi connectivity index (χ1n) is 3.84. The SMILES string of the molecule is CCC([PH](=O)OC)P(=O)(OC)OC. The molecule has 0 aromatic carbocycles. The van der Waals surface area contributed by atoms with Crippen LogP contribution in [-0.2, 0) is 22.7 Å². The highest BCUT2D eigenvalue weighted by Crippen LogP contribution is 2.61. The smallest absolute Gasteiger partial charge is 0.333 e. The van der Waals surface area contributed by atoms with Crippen LogP contribution >= 0.6 is 15.6 Å². The van der Waals surface area contributed by atoms with Gasteiger partial charge in [-0.3, -0.25) is 9.13 Å². The zero-order valence-electron chi connectivity index (χ0n) is 8.27. The van der Waals surface area contributed by atoms with Crippen molar-refractivity contribution in [2.24, 2.45) is 0 Å². The predicted octanol–water partition coefficient (Wildman–Crippen LogP) is 2.33. The van der Waals surface area contributed by atoms with Crippen molar-refractivity contribution < 1.29 is 22.7 Å². The van der Waals surface area contributed by atoms with E-state index in [0.29, 0.717) is 6.42 Å². The Morgan fingerprint density at radius 3 is 2.00 bits per heavy atom. The lowest BCUT2D eigenvalue weighted by atomic mass is 10.6. The fourth-order valence-corrected chi connectivity index (χ4v) is 4.68. The van der Waals surface area contributed by atoms with Crippen molar-refractivity contribution in [3.63, 3.8) is 0 Å². The van der Waals surface area contributed by atoms with Crippen LogP contribution in [0.3, 0.4) is 0 Å². The van der Waals surface area contributed by atoms with Gasteiger partial charge in [0.25, 0.3) is 0 Å². The lowest BCUT2D eigenvalue weighted by Crippen LogP contribution is -2.06. The molecule has 0 N–H and O–H groups in total. The van der Waals surface area contributed by atoms with Gasteiger partial charge in [0.2, 0.25) is 8.03 Å². The summed E-state index contributed by atoms with van der Waals surface area (Å²) >= 11 is 0. The molecule has 0 amide bonds. The molecule has 0 bridgehead atoms. The fraction of sp³-hybridized carbons (Fsp3) is 1.00. The van der Waals surface area contributed by atoms with Crippen molar-refractivity contribution in [1.29, 1.82) is 0 Å². The maximum atomic E-state index is 11.8. The lowest BCUT2D eigenvalue weighted by molar-refractivity contribution is 0.269. The van der Waals surface area contributed by atoms with E-state index in [0.717, 1.165) is 0 Å². The van der Waals surface area contributed by atoms with Crippen LogP contribution in [0.2, 0.25) is 0 Å². The fourth-order valence-electron chi connectivity index (χ4n) is 0.984. The van der Waals surface area contributed by atoms with Crippen LogP contribution in [0, 0.1) is 0 Å². The van der Waals surface area contributed by atoms with Crippen LogP contribution < -0.4 is 0 Å². The maximum absolute atomic E-state index is 11.8. The van der Waals surface area contributed by atoms with Crippen LogP contribution in [0.1, 0.15) is 13.3 Å². The quantitative estimate of drug-likeness (QED) is 0.655. The van der Waals surface area contributed by atoms with E-state index >= 15 is 0 Å². The van der Waals surface area contributed by atoms with Crippen molar-refractivity contribution in [3.8, 4) is 0 Å². The molecule has 0 heterocycles. The van der Waals surface area contributed by atoms with Gasteiger partial charge in [-0.2, -0.15) is 0 Å². The second kappa shape index (κ2) is 5.94. The summed E-state index contributed by atoms with van der Waals surface area (Å²) in [6.07, 6.45) is 0.435. The average Bonchev–Trinajstić information content (AvgIpc) is 2.18. The van der Waals surface area contributed by atoms with Crippen LogP contribution in [0.5, 0.6) is 0 Å². The third-order valence-electron chi connectivity index (χ3n) is 1.75. The van der Waals surface area contributed by atoms with Crippen LogP contribution in [0.4, 0.5) is 0 Å². The molecule has 5 nitrogen and oxygen atoms in total. The molecular formula is C6H16O5P2. The molecule has 2 unspecified atom stereocenters. The molecule has 0 saturated heterocycles. The van der Waals surface area contributed by atoms with Crippen LogP contribution in [0.25, 0.3) is 0 Å². The monoisotopic (exact) mass is 230 g/mol. The molecule has 0 fully saturated rings. The van der Waals surface area contributed by atoms with E-state index in [-0.39, 0.29) is 0 Å². The van der Waals surface area contributed by atoms with E-state index in [9.17, 15) is 9.13 Å². The molecule has 0 aliphatic carbocycles. The first-order valence-corrected chi connectivity index (χ1v) is 6.85. The van der Waals surface area contributed by atoms with E-state index in [2.05, 4.69) is 4.52 Å². The highest BCUT2D eigenvalue weighted by atomic mass is 31.2. The Kier molecular flexibility index (Phi) is 6.10. The molecule has 0 aromatic heterocycles. The Bertz CT molecular complexity index is 209. The number of hydrogen-bond acceptors (Lipinski definition) is 5. The molecule has 0 aromatic rings. The van der Waals surface area contributed by atoms with Crippen molar-refractivity contribution in [2.45, 2.75) is 18.7 Å². The van der Waals surface area contributed by atoms with Gasteiger partial charge in [-0.15, -0.1) is 0 Å². The normalized spacial score (nSPS) is 16.9. The zero-order valence-corrected chi connectivity index (χ0v) is 10.2. The van der Waals surface area contributed by atoms with Gasteiger partial charge in [0.05, 0.1) is 0 Å². The van der Waals surface area contributed by atoms with E-state index in [1.807, 2.05) is 0 Å². The molecule has 2 atom stereocenters. The Balaban J connectivity index is 4.73. The number of hydrogen-bond donors (Lipinski definition) is 0. The Labute approximate surface area is 79.2 Å². The van der Waals surface area contributed by atoms with Crippen molar-refractivity contribution in [3.05, 3.63) is 0 Å². The summed E-state index contributed by atoms with van der Waals surface area (Å²) in [6, 6.07) is 0. The van der Waals surface area contributed by atoms with Gasteiger partial charge in [-0.05, 0) is 6.42 Å². The third kappa shape index (κ3) is 3.19. The van der Waals surface area contributed by atoms with Gasteiger partial charge < -0.3 is 13.6 Å². The van der Waals surface area contributed by atoms with E-state index < -0.39 is 21.0 Å². The highest BCUT2D eigenvalue weighted by molar-refractivity contribution is 7.67. The number of rotatable bonds is 6. The summed E-state index contributed by atoms with van der Waals surface area (Å²) in [5.41, 5.74) is 0. The highest BCUT2D eigenvalue weighted by Gasteiger charge is 2.37. The van der Waals surface area contributed by atoms with Crippen LogP contribution in [-0.4, -0.2) is 26.7 Å². The van der Waals surface area contributed by atoms with Crippen molar-refractivity contribution in [2.75, 3.05) is 21.3 Å².